The normalized spacial score (nSPS) is 15.5. The lowest BCUT2D eigenvalue weighted by molar-refractivity contribution is 0.456. The molecule has 1 saturated carbocycles. The molecule has 114 valence electrons. The molecule has 1 aliphatic rings. The molecular weight excluding hydrogens is 292 g/mol. The molecule has 0 spiro atoms. The molecular formula is C13H18N4O3S. The number of aromatic nitrogens is 2. The average molecular weight is 310 g/mol. The van der Waals surface area contributed by atoms with E-state index in [0.29, 0.717) is 29.9 Å². The molecule has 2 aromatic heterocycles. The van der Waals surface area contributed by atoms with Crippen LogP contribution in [0.3, 0.4) is 0 Å². The molecule has 3 rings (SSSR count). The van der Waals surface area contributed by atoms with Gasteiger partial charge in [0.1, 0.15) is 22.2 Å². The standard InChI is InChI=1S/C13H18N4O3S/c1-9-12(6-11(20-9)7-16-10-2-3-10)21(18,19)17-8-13-14-4-5-15-13/h4-6,10,16-17H,2-3,7-8H2,1H3,(H,14,15). The van der Waals surface area contributed by atoms with Crippen LogP contribution in [0, 0.1) is 6.92 Å². The minimum absolute atomic E-state index is 0.121. The molecule has 0 unspecified atom stereocenters. The number of imidazole rings is 1. The Morgan fingerprint density at radius 2 is 2.24 bits per heavy atom. The highest BCUT2D eigenvalue weighted by atomic mass is 32.2. The van der Waals surface area contributed by atoms with Gasteiger partial charge in [-0.2, -0.15) is 0 Å². The Balaban J connectivity index is 1.68. The molecule has 0 atom stereocenters. The summed E-state index contributed by atoms with van der Waals surface area (Å²) in [5.74, 6) is 1.60. The summed E-state index contributed by atoms with van der Waals surface area (Å²) in [6.45, 7) is 2.33. The quantitative estimate of drug-likeness (QED) is 0.709. The van der Waals surface area contributed by atoms with Crippen LogP contribution in [-0.2, 0) is 23.1 Å². The van der Waals surface area contributed by atoms with Crippen molar-refractivity contribution in [1.29, 1.82) is 0 Å². The van der Waals surface area contributed by atoms with Crippen LogP contribution in [0.25, 0.3) is 0 Å². The minimum atomic E-state index is -3.60. The summed E-state index contributed by atoms with van der Waals surface area (Å²) >= 11 is 0. The van der Waals surface area contributed by atoms with Gasteiger partial charge in [0.15, 0.2) is 0 Å². The van der Waals surface area contributed by atoms with Crippen LogP contribution in [0.2, 0.25) is 0 Å². The monoisotopic (exact) mass is 310 g/mol. The van der Waals surface area contributed by atoms with E-state index >= 15 is 0 Å². The smallest absolute Gasteiger partial charge is 0.244 e. The molecule has 7 nitrogen and oxygen atoms in total. The first-order chi connectivity index (χ1) is 10.0. The van der Waals surface area contributed by atoms with Gasteiger partial charge in [-0.3, -0.25) is 0 Å². The lowest BCUT2D eigenvalue weighted by Gasteiger charge is -2.03. The third kappa shape index (κ3) is 3.52. The van der Waals surface area contributed by atoms with E-state index in [0.717, 1.165) is 0 Å². The molecule has 2 aromatic rings. The van der Waals surface area contributed by atoms with E-state index in [2.05, 4.69) is 20.0 Å². The summed E-state index contributed by atoms with van der Waals surface area (Å²) in [5, 5.41) is 3.30. The van der Waals surface area contributed by atoms with Gasteiger partial charge in [-0.05, 0) is 19.8 Å². The predicted molar refractivity (Wildman–Crippen MR) is 75.9 cm³/mol. The number of hydrogen-bond acceptors (Lipinski definition) is 5. The van der Waals surface area contributed by atoms with Crippen molar-refractivity contribution in [2.24, 2.45) is 0 Å². The molecule has 1 aliphatic carbocycles. The third-order valence-corrected chi connectivity index (χ3v) is 4.85. The zero-order chi connectivity index (χ0) is 14.9. The summed E-state index contributed by atoms with van der Waals surface area (Å²) in [6.07, 6.45) is 5.58. The second-order valence-corrected chi connectivity index (χ2v) is 6.88. The molecule has 0 aliphatic heterocycles. The molecule has 0 aromatic carbocycles. The average Bonchev–Trinajstić information content (AvgIpc) is 2.97. The number of nitrogens with one attached hydrogen (secondary N) is 3. The Morgan fingerprint density at radius 1 is 1.43 bits per heavy atom. The summed E-state index contributed by atoms with van der Waals surface area (Å²) in [5.41, 5.74) is 0. The Bertz CT molecular complexity index is 702. The molecule has 8 heteroatoms. The summed E-state index contributed by atoms with van der Waals surface area (Å²) in [7, 11) is -3.60. The zero-order valence-electron chi connectivity index (χ0n) is 11.7. The number of furan rings is 1. The Labute approximate surface area is 123 Å². The van der Waals surface area contributed by atoms with E-state index in [-0.39, 0.29) is 11.4 Å². The van der Waals surface area contributed by atoms with Crippen LogP contribution in [0.5, 0.6) is 0 Å². The van der Waals surface area contributed by atoms with Crippen molar-refractivity contribution in [3.63, 3.8) is 0 Å². The molecule has 21 heavy (non-hydrogen) atoms. The van der Waals surface area contributed by atoms with E-state index in [1.54, 1.807) is 25.4 Å². The third-order valence-electron chi connectivity index (χ3n) is 3.34. The largest absolute Gasteiger partial charge is 0.464 e. The maximum absolute atomic E-state index is 12.3. The number of hydrogen-bond donors (Lipinski definition) is 3. The van der Waals surface area contributed by atoms with E-state index in [1.807, 2.05) is 0 Å². The van der Waals surface area contributed by atoms with Gasteiger partial charge in [-0.1, -0.05) is 0 Å². The molecule has 0 bridgehead atoms. The molecule has 0 radical (unpaired) electrons. The molecule has 0 amide bonds. The van der Waals surface area contributed by atoms with Gasteiger partial charge in [-0.25, -0.2) is 18.1 Å². The van der Waals surface area contributed by atoms with E-state index in [9.17, 15) is 8.42 Å². The van der Waals surface area contributed by atoms with Crippen molar-refractivity contribution in [2.45, 2.75) is 43.8 Å². The second-order valence-electron chi connectivity index (χ2n) is 5.15. The van der Waals surface area contributed by atoms with Crippen LogP contribution >= 0.6 is 0 Å². The number of aromatic amines is 1. The van der Waals surface area contributed by atoms with Gasteiger partial charge < -0.3 is 14.7 Å². The minimum Gasteiger partial charge on any atom is -0.464 e. The fraction of sp³-hybridized carbons (Fsp3) is 0.462. The van der Waals surface area contributed by atoms with E-state index in [4.69, 9.17) is 4.42 Å². The second kappa shape index (κ2) is 5.63. The first-order valence-electron chi connectivity index (χ1n) is 6.85. The summed E-state index contributed by atoms with van der Waals surface area (Å²) in [4.78, 5) is 7.01. The van der Waals surface area contributed by atoms with Gasteiger partial charge in [0.2, 0.25) is 10.0 Å². The number of rotatable bonds is 7. The summed E-state index contributed by atoms with van der Waals surface area (Å²) in [6, 6.07) is 2.13. The maximum atomic E-state index is 12.3. The van der Waals surface area contributed by atoms with Gasteiger partial charge in [0.05, 0.1) is 13.1 Å². The molecule has 0 saturated heterocycles. The molecule has 2 heterocycles. The summed E-state index contributed by atoms with van der Waals surface area (Å²) < 4.78 is 32.6. The van der Waals surface area contributed by atoms with Crippen molar-refractivity contribution in [1.82, 2.24) is 20.0 Å². The topological polar surface area (TPSA) is 100 Å². The molecule has 3 N–H and O–H groups in total. The lowest BCUT2D eigenvalue weighted by Crippen LogP contribution is -2.24. The zero-order valence-corrected chi connectivity index (χ0v) is 12.5. The fourth-order valence-corrected chi connectivity index (χ4v) is 3.24. The Kier molecular flexibility index (Phi) is 3.83. The Hall–Kier alpha value is -1.64. The van der Waals surface area contributed by atoms with Crippen molar-refractivity contribution in [3.8, 4) is 0 Å². The highest BCUT2D eigenvalue weighted by molar-refractivity contribution is 7.89. The predicted octanol–water partition coefficient (Wildman–Crippen LogP) is 1.04. The first kappa shape index (κ1) is 14.3. The lowest BCUT2D eigenvalue weighted by atomic mass is 10.4. The highest BCUT2D eigenvalue weighted by Gasteiger charge is 2.24. The van der Waals surface area contributed by atoms with Gasteiger partial charge in [0.25, 0.3) is 0 Å². The van der Waals surface area contributed by atoms with Gasteiger partial charge in [-0.15, -0.1) is 0 Å². The van der Waals surface area contributed by atoms with Crippen molar-refractivity contribution in [2.75, 3.05) is 0 Å². The van der Waals surface area contributed by atoms with E-state index < -0.39 is 10.0 Å². The first-order valence-corrected chi connectivity index (χ1v) is 8.33. The number of H-pyrrole nitrogens is 1. The maximum Gasteiger partial charge on any atom is 0.244 e. The van der Waals surface area contributed by atoms with Gasteiger partial charge in [0, 0.05) is 24.5 Å². The fourth-order valence-electron chi connectivity index (χ4n) is 2.05. The van der Waals surface area contributed by atoms with Crippen LogP contribution in [0.4, 0.5) is 0 Å². The number of nitrogens with zero attached hydrogens (tertiary/aromatic N) is 1. The SMILES string of the molecule is Cc1oc(CNC2CC2)cc1S(=O)(=O)NCc1ncc[nH]1. The number of aryl methyl sites for hydroxylation is 1. The van der Waals surface area contributed by atoms with Crippen LogP contribution in [-0.4, -0.2) is 24.4 Å². The van der Waals surface area contributed by atoms with Crippen LogP contribution < -0.4 is 10.0 Å². The highest BCUT2D eigenvalue weighted by Crippen LogP contribution is 2.22. The van der Waals surface area contributed by atoms with Crippen molar-refractivity contribution < 1.29 is 12.8 Å². The van der Waals surface area contributed by atoms with Crippen LogP contribution in [0.15, 0.2) is 27.8 Å². The van der Waals surface area contributed by atoms with E-state index in [1.165, 1.54) is 12.8 Å². The van der Waals surface area contributed by atoms with Gasteiger partial charge >= 0.3 is 0 Å². The number of sulfonamides is 1. The van der Waals surface area contributed by atoms with Crippen molar-refractivity contribution in [3.05, 3.63) is 35.8 Å². The van der Waals surface area contributed by atoms with Crippen LogP contribution in [0.1, 0.15) is 30.2 Å². The molecule has 1 fully saturated rings. The Morgan fingerprint density at radius 3 is 2.90 bits per heavy atom. The van der Waals surface area contributed by atoms with Crippen molar-refractivity contribution >= 4 is 10.0 Å².